The molecule has 3 atom stereocenters. The number of carboxylic acid groups (broad SMARTS) is 1. The van der Waals surface area contributed by atoms with E-state index in [0.29, 0.717) is 24.4 Å². The van der Waals surface area contributed by atoms with Crippen LogP contribution in [0, 0.1) is 5.92 Å². The van der Waals surface area contributed by atoms with Gasteiger partial charge in [0.05, 0.1) is 12.5 Å². The van der Waals surface area contributed by atoms with Gasteiger partial charge in [0.2, 0.25) is 11.7 Å². The largest absolute Gasteiger partial charge is 0.481 e. The Labute approximate surface area is 124 Å². The molecule has 0 radical (unpaired) electrons. The molecule has 0 aliphatic carbocycles. The lowest BCUT2D eigenvalue weighted by Gasteiger charge is -2.34. The van der Waals surface area contributed by atoms with E-state index in [-0.39, 0.29) is 12.0 Å². The van der Waals surface area contributed by atoms with Crippen LogP contribution in [-0.2, 0) is 9.53 Å². The average molecular weight is 297 g/mol. The summed E-state index contributed by atoms with van der Waals surface area (Å²) in [6.45, 7) is 9.94. The standard InChI is InChI=1S/C14H23N3O4/c1-8(2)17-5-6-20-11(7-17)12-15-13(21-16-12)9(3)10(4)14(18)19/h8-11H,5-7H2,1-4H3,(H,18,19). The minimum Gasteiger partial charge on any atom is -0.481 e. The van der Waals surface area contributed by atoms with Crippen LogP contribution in [0.25, 0.3) is 0 Å². The van der Waals surface area contributed by atoms with Crippen molar-refractivity contribution >= 4 is 5.97 Å². The molecular formula is C14H23N3O4. The molecule has 1 aromatic rings. The van der Waals surface area contributed by atoms with E-state index in [2.05, 4.69) is 28.9 Å². The lowest BCUT2D eigenvalue weighted by molar-refractivity contribution is -0.141. The molecule has 1 aliphatic heterocycles. The molecule has 0 amide bonds. The Morgan fingerprint density at radius 3 is 2.71 bits per heavy atom. The predicted octanol–water partition coefficient (Wildman–Crippen LogP) is 1.68. The van der Waals surface area contributed by atoms with Crippen molar-refractivity contribution in [1.82, 2.24) is 15.0 Å². The Morgan fingerprint density at radius 2 is 2.10 bits per heavy atom. The van der Waals surface area contributed by atoms with Gasteiger partial charge in [0.1, 0.15) is 6.10 Å². The fourth-order valence-corrected chi connectivity index (χ4v) is 2.29. The first-order valence-electron chi connectivity index (χ1n) is 7.32. The molecule has 0 aromatic carbocycles. The Morgan fingerprint density at radius 1 is 1.38 bits per heavy atom. The summed E-state index contributed by atoms with van der Waals surface area (Å²) < 4.78 is 10.9. The minimum absolute atomic E-state index is 0.217. The number of aromatic nitrogens is 2. The molecular weight excluding hydrogens is 274 g/mol. The zero-order chi connectivity index (χ0) is 15.6. The van der Waals surface area contributed by atoms with E-state index in [1.807, 2.05) is 0 Å². The SMILES string of the molecule is CC(C(=O)O)C(C)c1nc(C2CN(C(C)C)CCO2)no1. The van der Waals surface area contributed by atoms with Gasteiger partial charge in [-0.1, -0.05) is 19.0 Å². The summed E-state index contributed by atoms with van der Waals surface area (Å²) in [5.74, 6) is -0.918. The van der Waals surface area contributed by atoms with Gasteiger partial charge in [0.25, 0.3) is 0 Å². The van der Waals surface area contributed by atoms with E-state index in [9.17, 15) is 4.79 Å². The molecule has 0 spiro atoms. The van der Waals surface area contributed by atoms with Crippen molar-refractivity contribution < 1.29 is 19.2 Å². The molecule has 7 nitrogen and oxygen atoms in total. The van der Waals surface area contributed by atoms with Crippen molar-refractivity contribution in [2.45, 2.75) is 45.8 Å². The number of carboxylic acids is 1. The van der Waals surface area contributed by atoms with Gasteiger partial charge in [-0.3, -0.25) is 9.69 Å². The maximum Gasteiger partial charge on any atom is 0.307 e. The van der Waals surface area contributed by atoms with Gasteiger partial charge < -0.3 is 14.4 Å². The van der Waals surface area contributed by atoms with Gasteiger partial charge in [0, 0.05) is 25.0 Å². The van der Waals surface area contributed by atoms with E-state index < -0.39 is 11.9 Å². The van der Waals surface area contributed by atoms with Gasteiger partial charge in [0.15, 0.2) is 0 Å². The molecule has 1 aromatic heterocycles. The molecule has 3 unspecified atom stereocenters. The van der Waals surface area contributed by atoms with E-state index in [1.165, 1.54) is 0 Å². The summed E-state index contributed by atoms with van der Waals surface area (Å²) in [6, 6.07) is 0.439. The molecule has 21 heavy (non-hydrogen) atoms. The molecule has 118 valence electrons. The second kappa shape index (κ2) is 6.53. The fourth-order valence-electron chi connectivity index (χ4n) is 2.29. The third kappa shape index (κ3) is 3.59. The predicted molar refractivity (Wildman–Crippen MR) is 74.9 cm³/mol. The maximum atomic E-state index is 11.0. The summed E-state index contributed by atoms with van der Waals surface area (Å²) in [5, 5.41) is 13.0. The first-order chi connectivity index (χ1) is 9.90. The van der Waals surface area contributed by atoms with Gasteiger partial charge in [-0.25, -0.2) is 0 Å². The van der Waals surface area contributed by atoms with E-state index in [0.717, 1.165) is 13.1 Å². The van der Waals surface area contributed by atoms with Crippen LogP contribution in [0.2, 0.25) is 0 Å². The van der Waals surface area contributed by atoms with Crippen LogP contribution in [0.3, 0.4) is 0 Å². The number of hydrogen-bond donors (Lipinski definition) is 1. The van der Waals surface area contributed by atoms with Gasteiger partial charge in [-0.2, -0.15) is 4.98 Å². The molecule has 0 saturated carbocycles. The first-order valence-corrected chi connectivity index (χ1v) is 7.32. The summed E-state index contributed by atoms with van der Waals surface area (Å²) in [7, 11) is 0. The van der Waals surface area contributed by atoms with Crippen LogP contribution in [0.15, 0.2) is 4.52 Å². The van der Waals surface area contributed by atoms with Crippen molar-refractivity contribution in [1.29, 1.82) is 0 Å². The summed E-state index contributed by atoms with van der Waals surface area (Å²) in [6.07, 6.45) is -0.217. The molecule has 0 bridgehead atoms. The number of morpholine rings is 1. The van der Waals surface area contributed by atoms with Gasteiger partial charge >= 0.3 is 5.97 Å². The fraction of sp³-hybridized carbons (Fsp3) is 0.786. The monoisotopic (exact) mass is 297 g/mol. The van der Waals surface area contributed by atoms with Crippen LogP contribution < -0.4 is 0 Å². The highest BCUT2D eigenvalue weighted by Gasteiger charge is 2.30. The quantitative estimate of drug-likeness (QED) is 0.884. The molecule has 1 fully saturated rings. The molecule has 1 saturated heterocycles. The zero-order valence-electron chi connectivity index (χ0n) is 12.9. The van der Waals surface area contributed by atoms with Crippen molar-refractivity contribution in [3.63, 3.8) is 0 Å². The topological polar surface area (TPSA) is 88.7 Å². The molecule has 1 N–H and O–H groups in total. The highest BCUT2D eigenvalue weighted by Crippen LogP contribution is 2.26. The molecule has 2 heterocycles. The normalized spacial score (nSPS) is 23.2. The smallest absolute Gasteiger partial charge is 0.307 e. The first kappa shape index (κ1) is 15.9. The lowest BCUT2D eigenvalue weighted by atomic mass is 9.96. The third-order valence-corrected chi connectivity index (χ3v) is 4.10. The number of ether oxygens (including phenoxy) is 1. The van der Waals surface area contributed by atoms with E-state index in [4.69, 9.17) is 14.4 Å². The number of aliphatic carboxylic acids is 1. The summed E-state index contributed by atoms with van der Waals surface area (Å²) >= 11 is 0. The van der Waals surface area contributed by atoms with Crippen LogP contribution in [0.5, 0.6) is 0 Å². The lowest BCUT2D eigenvalue weighted by Crippen LogP contribution is -2.42. The van der Waals surface area contributed by atoms with Crippen molar-refractivity contribution in [3.8, 4) is 0 Å². The Bertz CT molecular complexity index is 488. The summed E-state index contributed by atoms with van der Waals surface area (Å²) in [5.41, 5.74) is 0. The zero-order valence-corrected chi connectivity index (χ0v) is 12.9. The van der Waals surface area contributed by atoms with E-state index >= 15 is 0 Å². The third-order valence-electron chi connectivity index (χ3n) is 4.10. The van der Waals surface area contributed by atoms with Crippen molar-refractivity contribution in [2.75, 3.05) is 19.7 Å². The maximum absolute atomic E-state index is 11.0. The van der Waals surface area contributed by atoms with Crippen molar-refractivity contribution in [2.24, 2.45) is 5.92 Å². The average Bonchev–Trinajstić information content (AvgIpc) is 2.95. The van der Waals surface area contributed by atoms with Gasteiger partial charge in [-0.15, -0.1) is 0 Å². The minimum atomic E-state index is -0.873. The Kier molecular flexibility index (Phi) is 4.95. The molecule has 2 rings (SSSR count). The van der Waals surface area contributed by atoms with Crippen LogP contribution in [-0.4, -0.2) is 51.9 Å². The number of nitrogens with zero attached hydrogens (tertiary/aromatic N) is 3. The number of hydrogen-bond acceptors (Lipinski definition) is 6. The van der Waals surface area contributed by atoms with Crippen LogP contribution >= 0.6 is 0 Å². The van der Waals surface area contributed by atoms with Crippen LogP contribution in [0.1, 0.15) is 51.4 Å². The second-order valence-electron chi connectivity index (χ2n) is 5.85. The van der Waals surface area contributed by atoms with Crippen LogP contribution in [0.4, 0.5) is 0 Å². The number of carbonyl (C=O) groups is 1. The highest BCUT2D eigenvalue weighted by molar-refractivity contribution is 5.70. The summed E-state index contributed by atoms with van der Waals surface area (Å²) in [4.78, 5) is 17.7. The van der Waals surface area contributed by atoms with Crippen molar-refractivity contribution in [3.05, 3.63) is 11.7 Å². The van der Waals surface area contributed by atoms with E-state index in [1.54, 1.807) is 13.8 Å². The molecule has 7 heteroatoms. The Balaban J connectivity index is 2.07. The number of rotatable bonds is 5. The molecule has 1 aliphatic rings. The van der Waals surface area contributed by atoms with Gasteiger partial charge in [-0.05, 0) is 13.8 Å². The second-order valence-corrected chi connectivity index (χ2v) is 5.85. The highest BCUT2D eigenvalue weighted by atomic mass is 16.5. The Hall–Kier alpha value is -1.47.